The molecule has 1 aliphatic carbocycles. The summed E-state index contributed by atoms with van der Waals surface area (Å²) >= 11 is 0. The van der Waals surface area contributed by atoms with Gasteiger partial charge in [0.15, 0.2) is 0 Å². The molecule has 0 spiro atoms. The lowest BCUT2D eigenvalue weighted by atomic mass is 9.86. The van der Waals surface area contributed by atoms with Gasteiger partial charge < -0.3 is 10.6 Å². The summed E-state index contributed by atoms with van der Waals surface area (Å²) in [7, 11) is 0. The van der Waals surface area contributed by atoms with Crippen molar-refractivity contribution in [3.8, 4) is 0 Å². The van der Waals surface area contributed by atoms with E-state index in [2.05, 4.69) is 31.4 Å². The highest BCUT2D eigenvalue weighted by atomic mass is 19.3. The highest BCUT2D eigenvalue weighted by Crippen LogP contribution is 2.36. The zero-order chi connectivity index (χ0) is 12.9. The van der Waals surface area contributed by atoms with E-state index in [4.69, 9.17) is 0 Å². The lowest BCUT2D eigenvalue weighted by Gasteiger charge is -2.30. The molecule has 0 aromatic carbocycles. The van der Waals surface area contributed by atoms with E-state index in [-0.39, 0.29) is 18.8 Å². The summed E-state index contributed by atoms with van der Waals surface area (Å²) in [4.78, 5) is 0. The van der Waals surface area contributed by atoms with Crippen LogP contribution in [0.2, 0.25) is 0 Å². The van der Waals surface area contributed by atoms with Crippen molar-refractivity contribution >= 4 is 0 Å². The summed E-state index contributed by atoms with van der Waals surface area (Å²) in [6.45, 7) is 7.91. The maximum atomic E-state index is 13.2. The van der Waals surface area contributed by atoms with E-state index in [1.54, 1.807) is 0 Å². The Kier molecular flexibility index (Phi) is 5.80. The topological polar surface area (TPSA) is 24.1 Å². The van der Waals surface area contributed by atoms with Crippen molar-refractivity contribution in [1.82, 2.24) is 10.6 Å². The molecule has 102 valence electrons. The number of nitrogens with one attached hydrogen (secondary N) is 2. The Morgan fingerprint density at radius 1 is 1.24 bits per heavy atom. The maximum absolute atomic E-state index is 13.2. The van der Waals surface area contributed by atoms with Crippen LogP contribution in [-0.4, -0.2) is 31.1 Å². The van der Waals surface area contributed by atoms with E-state index in [9.17, 15) is 8.78 Å². The molecule has 1 aliphatic rings. The van der Waals surface area contributed by atoms with Gasteiger partial charge in [-0.25, -0.2) is 8.78 Å². The first-order valence-corrected chi connectivity index (χ1v) is 6.73. The molecule has 0 bridgehead atoms. The molecule has 0 radical (unpaired) electrons. The molecule has 0 aromatic heterocycles. The van der Waals surface area contributed by atoms with Gasteiger partial charge in [0.1, 0.15) is 0 Å². The highest BCUT2D eigenvalue weighted by Gasteiger charge is 2.35. The van der Waals surface area contributed by atoms with Crippen molar-refractivity contribution in [2.24, 2.45) is 5.92 Å². The molecular formula is C13H26F2N2. The van der Waals surface area contributed by atoms with Gasteiger partial charge in [-0.05, 0) is 32.2 Å². The van der Waals surface area contributed by atoms with Gasteiger partial charge >= 0.3 is 0 Å². The third-order valence-electron chi connectivity index (χ3n) is 3.33. The minimum Gasteiger partial charge on any atom is -0.313 e. The molecule has 2 N–H and O–H groups in total. The molecule has 2 nitrogen and oxygen atoms in total. The zero-order valence-electron chi connectivity index (χ0n) is 11.2. The van der Waals surface area contributed by atoms with E-state index in [0.29, 0.717) is 18.5 Å². The first-order chi connectivity index (χ1) is 7.89. The number of halogens is 2. The van der Waals surface area contributed by atoms with Crippen LogP contribution < -0.4 is 10.6 Å². The van der Waals surface area contributed by atoms with Crippen LogP contribution in [0.4, 0.5) is 8.78 Å². The Labute approximate surface area is 104 Å². The van der Waals surface area contributed by atoms with Crippen molar-refractivity contribution in [2.45, 2.75) is 64.5 Å². The molecule has 1 rings (SSSR count). The van der Waals surface area contributed by atoms with E-state index >= 15 is 0 Å². The fraction of sp³-hybridized carbons (Fsp3) is 1.00. The molecule has 4 heteroatoms. The molecule has 1 fully saturated rings. The molecule has 0 heterocycles. The third-order valence-corrected chi connectivity index (χ3v) is 3.33. The summed E-state index contributed by atoms with van der Waals surface area (Å²) in [5.74, 6) is -2.29. The van der Waals surface area contributed by atoms with Crippen LogP contribution in [0.25, 0.3) is 0 Å². The molecule has 2 atom stereocenters. The quantitative estimate of drug-likeness (QED) is 0.755. The Hall–Kier alpha value is -0.220. The molecule has 2 unspecified atom stereocenters. The van der Waals surface area contributed by atoms with Crippen LogP contribution in [-0.2, 0) is 0 Å². The monoisotopic (exact) mass is 248 g/mol. The molecule has 0 aromatic rings. The Morgan fingerprint density at radius 2 is 1.94 bits per heavy atom. The second kappa shape index (κ2) is 6.64. The van der Waals surface area contributed by atoms with Crippen LogP contribution in [0.3, 0.4) is 0 Å². The third kappa shape index (κ3) is 6.32. The predicted octanol–water partition coefficient (Wildman–Crippen LogP) is 2.79. The van der Waals surface area contributed by atoms with Crippen molar-refractivity contribution in [3.05, 3.63) is 0 Å². The second-order valence-corrected chi connectivity index (χ2v) is 5.69. The average Bonchev–Trinajstić information content (AvgIpc) is 2.22. The molecular weight excluding hydrogens is 222 g/mol. The number of rotatable bonds is 6. The fourth-order valence-corrected chi connectivity index (χ4v) is 2.30. The Balaban J connectivity index is 2.17. The van der Waals surface area contributed by atoms with Crippen LogP contribution >= 0.6 is 0 Å². The van der Waals surface area contributed by atoms with E-state index in [1.165, 1.54) is 0 Å². The summed E-state index contributed by atoms with van der Waals surface area (Å²) in [5.41, 5.74) is 0. The fourth-order valence-electron chi connectivity index (χ4n) is 2.30. The Morgan fingerprint density at radius 3 is 2.53 bits per heavy atom. The highest BCUT2D eigenvalue weighted by molar-refractivity contribution is 4.80. The average molecular weight is 248 g/mol. The van der Waals surface area contributed by atoms with E-state index in [0.717, 1.165) is 19.5 Å². The summed E-state index contributed by atoms with van der Waals surface area (Å²) in [6, 6.07) is 0.811. The molecule has 0 amide bonds. The van der Waals surface area contributed by atoms with Gasteiger partial charge in [-0.2, -0.15) is 0 Å². The summed E-state index contributed by atoms with van der Waals surface area (Å²) in [6.07, 6.45) is 1.74. The van der Waals surface area contributed by atoms with Gasteiger partial charge in [-0.3, -0.25) is 0 Å². The van der Waals surface area contributed by atoms with Gasteiger partial charge in [-0.15, -0.1) is 0 Å². The lowest BCUT2D eigenvalue weighted by molar-refractivity contribution is -0.0522. The summed E-state index contributed by atoms with van der Waals surface area (Å²) < 4.78 is 26.4. The van der Waals surface area contributed by atoms with Gasteiger partial charge in [0.25, 0.3) is 0 Å². The zero-order valence-corrected chi connectivity index (χ0v) is 11.2. The minimum atomic E-state index is -2.43. The second-order valence-electron chi connectivity index (χ2n) is 5.69. The normalized spacial score (nSPS) is 26.1. The number of alkyl halides is 2. The first kappa shape index (κ1) is 14.8. The van der Waals surface area contributed by atoms with E-state index in [1.807, 2.05) is 0 Å². The largest absolute Gasteiger partial charge is 0.313 e. The first-order valence-electron chi connectivity index (χ1n) is 6.73. The lowest BCUT2D eigenvalue weighted by Crippen LogP contribution is -2.42. The van der Waals surface area contributed by atoms with Crippen LogP contribution in [0.1, 0.15) is 46.5 Å². The predicted molar refractivity (Wildman–Crippen MR) is 67.5 cm³/mol. The molecule has 17 heavy (non-hydrogen) atoms. The molecule has 1 saturated carbocycles. The van der Waals surface area contributed by atoms with Crippen molar-refractivity contribution in [2.75, 3.05) is 13.1 Å². The SMILES string of the molecule is CC(C)NCC(C)NCC1CCCC(F)(F)C1. The van der Waals surface area contributed by atoms with E-state index < -0.39 is 5.92 Å². The number of hydrogen-bond donors (Lipinski definition) is 2. The van der Waals surface area contributed by atoms with Crippen molar-refractivity contribution in [3.63, 3.8) is 0 Å². The van der Waals surface area contributed by atoms with Crippen molar-refractivity contribution in [1.29, 1.82) is 0 Å². The van der Waals surface area contributed by atoms with Crippen LogP contribution in [0, 0.1) is 5.92 Å². The van der Waals surface area contributed by atoms with Gasteiger partial charge in [0, 0.05) is 31.5 Å². The molecule has 0 saturated heterocycles. The van der Waals surface area contributed by atoms with Gasteiger partial charge in [0.05, 0.1) is 0 Å². The van der Waals surface area contributed by atoms with Gasteiger partial charge in [-0.1, -0.05) is 13.8 Å². The maximum Gasteiger partial charge on any atom is 0.248 e. The smallest absolute Gasteiger partial charge is 0.248 e. The van der Waals surface area contributed by atoms with Crippen molar-refractivity contribution < 1.29 is 8.78 Å². The van der Waals surface area contributed by atoms with Crippen LogP contribution in [0.5, 0.6) is 0 Å². The van der Waals surface area contributed by atoms with Crippen LogP contribution in [0.15, 0.2) is 0 Å². The Bertz CT molecular complexity index is 219. The minimum absolute atomic E-state index is 0.0599. The standard InChI is InChI=1S/C13H26F2N2/c1-10(2)16-8-11(3)17-9-12-5-4-6-13(14,15)7-12/h10-12,16-17H,4-9H2,1-3H3. The summed E-state index contributed by atoms with van der Waals surface area (Å²) in [5, 5.41) is 6.69. The number of hydrogen-bond acceptors (Lipinski definition) is 2. The van der Waals surface area contributed by atoms with Gasteiger partial charge in [0.2, 0.25) is 5.92 Å². The molecule has 0 aliphatic heterocycles.